The molecule has 3 aromatic carbocycles. The number of nitrogens with one attached hydrogen (secondary N) is 2. The highest BCUT2D eigenvalue weighted by Crippen LogP contribution is 2.24. The van der Waals surface area contributed by atoms with Crippen LogP contribution in [0, 0.1) is 11.6 Å². The molecule has 0 aliphatic carbocycles. The summed E-state index contributed by atoms with van der Waals surface area (Å²) in [5.41, 5.74) is 1.64. The Kier molecular flexibility index (Phi) is 5.81. The van der Waals surface area contributed by atoms with Crippen molar-refractivity contribution in [2.24, 2.45) is 0 Å². The van der Waals surface area contributed by atoms with Gasteiger partial charge in [0.1, 0.15) is 0 Å². The molecule has 0 bridgehead atoms. The zero-order valence-electron chi connectivity index (χ0n) is 15.3. The van der Waals surface area contributed by atoms with Gasteiger partial charge >= 0.3 is 0 Å². The Hall–Kier alpha value is -2.79. The van der Waals surface area contributed by atoms with Gasteiger partial charge in [0.25, 0.3) is 0 Å². The average Bonchev–Trinajstić information content (AvgIpc) is 2.67. The second-order valence-corrected chi connectivity index (χ2v) is 6.63. The number of hydrogen-bond acceptors (Lipinski definition) is 2. The van der Waals surface area contributed by atoms with Crippen molar-refractivity contribution >= 4 is 16.7 Å². The SMILES string of the molecule is C[C@H](NC(=O)CN[C@H](C)c1ccc(F)c(F)c1)c1cccc2ccccc12. The number of carbonyl (C=O) groups is 1. The van der Waals surface area contributed by atoms with Crippen molar-refractivity contribution in [2.75, 3.05) is 6.54 Å². The molecule has 2 atom stereocenters. The van der Waals surface area contributed by atoms with Crippen LogP contribution in [0.3, 0.4) is 0 Å². The molecule has 3 rings (SSSR count). The van der Waals surface area contributed by atoms with Gasteiger partial charge < -0.3 is 10.6 Å². The van der Waals surface area contributed by atoms with Crippen molar-refractivity contribution in [1.29, 1.82) is 0 Å². The fourth-order valence-electron chi connectivity index (χ4n) is 3.14. The smallest absolute Gasteiger partial charge is 0.234 e. The topological polar surface area (TPSA) is 41.1 Å². The molecule has 0 aliphatic heterocycles. The van der Waals surface area contributed by atoms with Crippen molar-refractivity contribution in [1.82, 2.24) is 10.6 Å². The highest BCUT2D eigenvalue weighted by Gasteiger charge is 2.14. The molecule has 0 unspecified atom stereocenters. The third-order valence-electron chi connectivity index (χ3n) is 4.68. The molecule has 0 aliphatic rings. The van der Waals surface area contributed by atoms with Crippen LogP contribution in [-0.4, -0.2) is 12.5 Å². The molecule has 0 heterocycles. The first-order valence-corrected chi connectivity index (χ1v) is 8.91. The van der Waals surface area contributed by atoms with Gasteiger partial charge in [-0.2, -0.15) is 0 Å². The number of carbonyl (C=O) groups excluding carboxylic acids is 1. The van der Waals surface area contributed by atoms with Gasteiger partial charge in [-0.15, -0.1) is 0 Å². The second kappa shape index (κ2) is 8.27. The zero-order chi connectivity index (χ0) is 19.4. The summed E-state index contributed by atoms with van der Waals surface area (Å²) >= 11 is 0. The van der Waals surface area contributed by atoms with E-state index in [2.05, 4.69) is 10.6 Å². The van der Waals surface area contributed by atoms with Crippen molar-refractivity contribution in [2.45, 2.75) is 25.9 Å². The molecular formula is C22H22F2N2O. The lowest BCUT2D eigenvalue weighted by molar-refractivity contribution is -0.121. The third kappa shape index (κ3) is 4.49. The summed E-state index contributed by atoms with van der Waals surface area (Å²) in [6.45, 7) is 3.82. The van der Waals surface area contributed by atoms with Crippen LogP contribution in [0.15, 0.2) is 60.7 Å². The molecule has 5 heteroatoms. The first-order chi connectivity index (χ1) is 13.0. The van der Waals surface area contributed by atoms with E-state index < -0.39 is 11.6 Å². The van der Waals surface area contributed by atoms with Gasteiger partial charge in [0.2, 0.25) is 5.91 Å². The van der Waals surface area contributed by atoms with Crippen LogP contribution in [0.1, 0.15) is 37.1 Å². The van der Waals surface area contributed by atoms with Crippen molar-refractivity contribution in [3.05, 3.63) is 83.4 Å². The van der Waals surface area contributed by atoms with Gasteiger partial charge in [-0.1, -0.05) is 48.5 Å². The molecule has 27 heavy (non-hydrogen) atoms. The fourth-order valence-corrected chi connectivity index (χ4v) is 3.14. The van der Waals surface area contributed by atoms with Crippen molar-refractivity contribution < 1.29 is 13.6 Å². The van der Waals surface area contributed by atoms with Crippen molar-refractivity contribution in [3.8, 4) is 0 Å². The molecule has 0 aromatic heterocycles. The van der Waals surface area contributed by atoms with Crippen LogP contribution in [0.5, 0.6) is 0 Å². The van der Waals surface area contributed by atoms with Gasteiger partial charge in [-0.25, -0.2) is 8.78 Å². The molecule has 0 radical (unpaired) electrons. The van der Waals surface area contributed by atoms with Gasteiger partial charge in [0, 0.05) is 6.04 Å². The van der Waals surface area contributed by atoms with E-state index in [1.54, 1.807) is 6.92 Å². The van der Waals surface area contributed by atoms with Crippen LogP contribution in [0.4, 0.5) is 8.78 Å². The summed E-state index contributed by atoms with van der Waals surface area (Å²) < 4.78 is 26.4. The summed E-state index contributed by atoms with van der Waals surface area (Å²) in [7, 11) is 0. The molecule has 0 saturated heterocycles. The molecule has 1 amide bonds. The van der Waals surface area contributed by atoms with E-state index in [0.717, 1.165) is 28.5 Å². The molecule has 2 N–H and O–H groups in total. The van der Waals surface area contributed by atoms with E-state index in [4.69, 9.17) is 0 Å². The molecule has 140 valence electrons. The van der Waals surface area contributed by atoms with E-state index in [0.29, 0.717) is 5.56 Å². The van der Waals surface area contributed by atoms with Crippen LogP contribution in [0.2, 0.25) is 0 Å². The maximum absolute atomic E-state index is 13.3. The first kappa shape index (κ1) is 19.0. The zero-order valence-corrected chi connectivity index (χ0v) is 15.3. The Morgan fingerprint density at radius 1 is 0.926 bits per heavy atom. The number of fused-ring (bicyclic) bond motifs is 1. The molecule has 3 aromatic rings. The molecular weight excluding hydrogens is 346 g/mol. The van der Waals surface area contributed by atoms with E-state index in [9.17, 15) is 13.6 Å². The Bertz CT molecular complexity index is 953. The standard InChI is InChI=1S/C22H22F2N2O/c1-14(17-10-11-20(23)21(24)12-17)25-13-22(27)26-15(2)18-9-5-7-16-6-3-4-8-19(16)18/h3-12,14-15,25H,13H2,1-2H3,(H,26,27)/t14-,15+/m1/s1. The number of rotatable bonds is 6. The van der Waals surface area contributed by atoms with E-state index >= 15 is 0 Å². The minimum atomic E-state index is -0.893. The first-order valence-electron chi connectivity index (χ1n) is 8.91. The summed E-state index contributed by atoms with van der Waals surface area (Å²) in [6.07, 6.45) is 0. The average molecular weight is 368 g/mol. The Morgan fingerprint density at radius 2 is 1.67 bits per heavy atom. The fraction of sp³-hybridized carbons (Fsp3) is 0.227. The van der Waals surface area contributed by atoms with Gasteiger partial charge in [0.15, 0.2) is 11.6 Å². The van der Waals surface area contributed by atoms with Crippen LogP contribution in [-0.2, 0) is 4.79 Å². The van der Waals surface area contributed by atoms with E-state index in [-0.39, 0.29) is 24.5 Å². The highest BCUT2D eigenvalue weighted by atomic mass is 19.2. The molecule has 3 nitrogen and oxygen atoms in total. The van der Waals surface area contributed by atoms with Gasteiger partial charge in [-0.05, 0) is 47.9 Å². The second-order valence-electron chi connectivity index (χ2n) is 6.63. The number of amides is 1. The van der Waals surface area contributed by atoms with Crippen molar-refractivity contribution in [3.63, 3.8) is 0 Å². The third-order valence-corrected chi connectivity index (χ3v) is 4.68. The van der Waals surface area contributed by atoms with E-state index in [1.807, 2.05) is 49.4 Å². The maximum Gasteiger partial charge on any atom is 0.234 e. The Labute approximate surface area is 157 Å². The predicted octanol–water partition coefficient (Wildman–Crippen LogP) is 4.65. The maximum atomic E-state index is 13.3. The van der Waals surface area contributed by atoms with Gasteiger partial charge in [-0.3, -0.25) is 4.79 Å². The summed E-state index contributed by atoms with van der Waals surface area (Å²) in [5, 5.41) is 8.25. The van der Waals surface area contributed by atoms with Crippen LogP contribution < -0.4 is 10.6 Å². The van der Waals surface area contributed by atoms with E-state index in [1.165, 1.54) is 6.07 Å². The number of halogens is 2. The predicted molar refractivity (Wildman–Crippen MR) is 103 cm³/mol. The quantitative estimate of drug-likeness (QED) is 0.665. The lowest BCUT2D eigenvalue weighted by Crippen LogP contribution is -2.36. The van der Waals surface area contributed by atoms with Crippen LogP contribution in [0.25, 0.3) is 10.8 Å². The summed E-state index contributed by atoms with van der Waals surface area (Å²) in [5.74, 6) is -1.94. The number of benzene rings is 3. The lowest BCUT2D eigenvalue weighted by atomic mass is 10.00. The summed E-state index contributed by atoms with van der Waals surface area (Å²) in [6, 6.07) is 17.4. The Balaban J connectivity index is 1.60. The normalized spacial score (nSPS) is 13.3. The minimum absolute atomic E-state index is 0.0786. The van der Waals surface area contributed by atoms with Gasteiger partial charge in [0.05, 0.1) is 12.6 Å². The molecule has 0 spiro atoms. The molecule has 0 fully saturated rings. The van der Waals surface area contributed by atoms with Crippen LogP contribution >= 0.6 is 0 Å². The molecule has 0 saturated carbocycles. The largest absolute Gasteiger partial charge is 0.348 e. The number of hydrogen-bond donors (Lipinski definition) is 2. The summed E-state index contributed by atoms with van der Waals surface area (Å²) in [4.78, 5) is 12.3. The Morgan fingerprint density at radius 3 is 2.44 bits per heavy atom. The highest BCUT2D eigenvalue weighted by molar-refractivity contribution is 5.87. The lowest BCUT2D eigenvalue weighted by Gasteiger charge is -2.18. The minimum Gasteiger partial charge on any atom is -0.348 e. The monoisotopic (exact) mass is 368 g/mol.